The molecule has 6 nitrogen and oxygen atoms in total. The van der Waals surface area contributed by atoms with E-state index in [-0.39, 0.29) is 17.3 Å². The van der Waals surface area contributed by atoms with Crippen LogP contribution in [0.3, 0.4) is 0 Å². The van der Waals surface area contributed by atoms with Crippen LogP contribution in [0.5, 0.6) is 0 Å². The Kier molecular flexibility index (Phi) is 7.00. The number of piperazine rings is 1. The summed E-state index contributed by atoms with van der Waals surface area (Å²) in [7, 11) is 0. The van der Waals surface area contributed by atoms with Gasteiger partial charge in [-0.2, -0.15) is 10.2 Å². The average Bonchev–Trinajstić information content (AvgIpc) is 2.98. The molecular formula is C32H34FN5O. The van der Waals surface area contributed by atoms with Crippen LogP contribution in [0.4, 0.5) is 15.8 Å². The first-order valence-corrected chi connectivity index (χ1v) is 13.9. The number of anilines is 2. The van der Waals surface area contributed by atoms with Gasteiger partial charge < -0.3 is 10.2 Å². The highest BCUT2D eigenvalue weighted by atomic mass is 19.1. The van der Waals surface area contributed by atoms with Crippen molar-refractivity contribution in [2.24, 2.45) is 5.92 Å². The molecule has 3 aromatic carbocycles. The van der Waals surface area contributed by atoms with Crippen molar-refractivity contribution < 1.29 is 9.18 Å². The summed E-state index contributed by atoms with van der Waals surface area (Å²) in [6, 6.07) is 22.8. The van der Waals surface area contributed by atoms with Gasteiger partial charge in [-0.05, 0) is 79.6 Å². The van der Waals surface area contributed by atoms with Crippen molar-refractivity contribution in [2.45, 2.75) is 38.1 Å². The number of carbonyl (C=O) groups excluding carboxylic acids is 1. The van der Waals surface area contributed by atoms with Crippen molar-refractivity contribution >= 4 is 28.2 Å². The number of aromatic nitrogens is 2. The van der Waals surface area contributed by atoms with Crippen LogP contribution < -0.4 is 10.2 Å². The number of fused-ring (bicyclic) bond motifs is 1. The molecule has 1 aliphatic carbocycles. The number of benzene rings is 3. The maximum absolute atomic E-state index is 13.4. The van der Waals surface area contributed by atoms with Crippen LogP contribution in [0, 0.1) is 11.7 Å². The summed E-state index contributed by atoms with van der Waals surface area (Å²) in [4.78, 5) is 18.3. The molecule has 1 aromatic heterocycles. The monoisotopic (exact) mass is 523 g/mol. The Bertz CT molecular complexity index is 1450. The van der Waals surface area contributed by atoms with Crippen molar-refractivity contribution in [3.05, 3.63) is 95.9 Å². The van der Waals surface area contributed by atoms with Crippen molar-refractivity contribution in [1.82, 2.24) is 15.1 Å². The van der Waals surface area contributed by atoms with E-state index in [1.165, 1.54) is 36.7 Å². The second-order valence-corrected chi connectivity index (χ2v) is 11.0. The number of hydrogen-bond acceptors (Lipinski definition) is 5. The van der Waals surface area contributed by atoms with Gasteiger partial charge in [0.2, 0.25) is 0 Å². The summed E-state index contributed by atoms with van der Waals surface area (Å²) >= 11 is 0. The van der Waals surface area contributed by atoms with E-state index in [2.05, 4.69) is 50.4 Å². The summed E-state index contributed by atoms with van der Waals surface area (Å²) in [5.74, 6) is 0.333. The van der Waals surface area contributed by atoms with Crippen molar-refractivity contribution in [1.29, 1.82) is 0 Å². The molecule has 0 spiro atoms. The number of hydrogen-bond donors (Lipinski definition) is 1. The highest BCUT2D eigenvalue weighted by Gasteiger charge is 2.42. The largest absolute Gasteiger partial charge is 0.369 e. The lowest BCUT2D eigenvalue weighted by Crippen LogP contribution is -2.56. The van der Waals surface area contributed by atoms with Gasteiger partial charge in [-0.25, -0.2) is 4.39 Å². The van der Waals surface area contributed by atoms with E-state index >= 15 is 0 Å². The molecule has 0 unspecified atom stereocenters. The van der Waals surface area contributed by atoms with Crippen LogP contribution in [-0.4, -0.2) is 47.2 Å². The first kappa shape index (κ1) is 25.4. The highest BCUT2D eigenvalue weighted by molar-refractivity contribution is 6.12. The molecule has 1 amide bonds. The van der Waals surface area contributed by atoms with Gasteiger partial charge >= 0.3 is 0 Å². The minimum absolute atomic E-state index is 0.0624. The molecule has 0 bridgehead atoms. The Morgan fingerprint density at radius 3 is 2.46 bits per heavy atom. The predicted octanol–water partition coefficient (Wildman–Crippen LogP) is 6.25. The van der Waals surface area contributed by atoms with Crippen molar-refractivity contribution in [3.63, 3.8) is 0 Å². The van der Waals surface area contributed by atoms with Gasteiger partial charge in [-0.3, -0.25) is 9.69 Å². The number of rotatable bonds is 5. The molecule has 0 radical (unpaired) electrons. The summed E-state index contributed by atoms with van der Waals surface area (Å²) in [6.45, 7) is 6.04. The number of nitrogens with one attached hydrogen (secondary N) is 1. The first-order chi connectivity index (χ1) is 19.0. The summed E-state index contributed by atoms with van der Waals surface area (Å²) < 4.78 is 13.4. The number of halogens is 1. The molecule has 1 saturated carbocycles. The molecule has 2 fully saturated rings. The minimum Gasteiger partial charge on any atom is -0.369 e. The van der Waals surface area contributed by atoms with Crippen LogP contribution in [-0.2, 0) is 5.54 Å². The molecule has 1 aliphatic heterocycles. The minimum atomic E-state index is -0.201. The Labute approximate surface area is 228 Å². The van der Waals surface area contributed by atoms with Gasteiger partial charge in [-0.1, -0.05) is 37.3 Å². The van der Waals surface area contributed by atoms with Crippen LogP contribution >= 0.6 is 0 Å². The van der Waals surface area contributed by atoms with E-state index in [1.54, 1.807) is 0 Å². The molecule has 6 rings (SSSR count). The fourth-order valence-corrected chi connectivity index (χ4v) is 6.34. The van der Waals surface area contributed by atoms with Gasteiger partial charge in [0.25, 0.3) is 5.91 Å². The maximum Gasteiger partial charge on any atom is 0.257 e. The normalized spacial score (nSPS) is 22.1. The standard InChI is InChI=1S/C32H34FN5O/c1-23-13-15-32(16-14-23,38-19-17-37(18-20-38)27-11-9-25(33)10-12-27)24-5-4-6-26(21-24)35-31(39)29-22-34-36-30-8-3-2-7-28(29)30/h2-12,21-23H,13-20H2,1H3,(H,35,39). The zero-order valence-electron chi connectivity index (χ0n) is 22.3. The van der Waals surface area contributed by atoms with E-state index in [4.69, 9.17) is 0 Å². The van der Waals surface area contributed by atoms with Crippen LogP contribution in [0.2, 0.25) is 0 Å². The Morgan fingerprint density at radius 1 is 0.949 bits per heavy atom. The number of nitrogens with zero attached hydrogens (tertiary/aromatic N) is 4. The molecular weight excluding hydrogens is 489 g/mol. The van der Waals surface area contributed by atoms with Gasteiger partial charge in [0.15, 0.2) is 0 Å². The van der Waals surface area contributed by atoms with Crippen molar-refractivity contribution in [2.75, 3.05) is 36.4 Å². The van der Waals surface area contributed by atoms with Gasteiger partial charge in [0.05, 0.1) is 17.3 Å². The quantitative estimate of drug-likeness (QED) is 0.335. The fraction of sp³-hybridized carbons (Fsp3) is 0.344. The van der Waals surface area contributed by atoms with E-state index < -0.39 is 0 Å². The first-order valence-electron chi connectivity index (χ1n) is 13.9. The molecule has 4 aromatic rings. The number of amides is 1. The molecule has 1 saturated heterocycles. The fourth-order valence-electron chi connectivity index (χ4n) is 6.34. The van der Waals surface area contributed by atoms with E-state index in [0.717, 1.165) is 55.8 Å². The van der Waals surface area contributed by atoms with Gasteiger partial charge in [-0.15, -0.1) is 0 Å². The Balaban J connectivity index is 1.24. The molecule has 1 N–H and O–H groups in total. The van der Waals surface area contributed by atoms with Gasteiger partial charge in [0, 0.05) is 48.5 Å². The Morgan fingerprint density at radius 2 is 1.69 bits per heavy atom. The topological polar surface area (TPSA) is 61.4 Å². The molecule has 0 atom stereocenters. The highest BCUT2D eigenvalue weighted by Crippen LogP contribution is 2.45. The maximum atomic E-state index is 13.4. The molecule has 2 heterocycles. The lowest BCUT2D eigenvalue weighted by atomic mass is 9.71. The lowest BCUT2D eigenvalue weighted by Gasteiger charge is -2.51. The second-order valence-electron chi connectivity index (χ2n) is 11.0. The third-order valence-electron chi connectivity index (χ3n) is 8.63. The molecule has 2 aliphatic rings. The second kappa shape index (κ2) is 10.7. The van der Waals surface area contributed by atoms with Crippen LogP contribution in [0.15, 0.2) is 79.0 Å². The van der Waals surface area contributed by atoms with Gasteiger partial charge in [0.1, 0.15) is 5.82 Å². The average molecular weight is 524 g/mol. The number of carbonyl (C=O) groups is 1. The summed E-state index contributed by atoms with van der Waals surface area (Å²) in [5, 5.41) is 12.1. The third-order valence-corrected chi connectivity index (χ3v) is 8.63. The molecule has 39 heavy (non-hydrogen) atoms. The van der Waals surface area contributed by atoms with E-state index in [9.17, 15) is 9.18 Å². The summed E-state index contributed by atoms with van der Waals surface area (Å²) in [6.07, 6.45) is 6.10. The zero-order valence-corrected chi connectivity index (χ0v) is 22.3. The van der Waals surface area contributed by atoms with Crippen LogP contribution in [0.25, 0.3) is 10.9 Å². The lowest BCUT2D eigenvalue weighted by molar-refractivity contribution is 0.0299. The predicted molar refractivity (Wildman–Crippen MR) is 153 cm³/mol. The molecule has 200 valence electrons. The summed E-state index contributed by atoms with van der Waals surface area (Å²) in [5.41, 5.74) is 4.29. The Hall–Kier alpha value is -3.84. The SMILES string of the molecule is CC1CCC(c2cccc(NC(=O)c3cnnc4ccccc34)c2)(N2CCN(c3ccc(F)cc3)CC2)CC1. The zero-order chi connectivity index (χ0) is 26.8. The van der Waals surface area contributed by atoms with Crippen LogP contribution in [0.1, 0.15) is 48.5 Å². The van der Waals surface area contributed by atoms with E-state index in [0.29, 0.717) is 17.0 Å². The smallest absolute Gasteiger partial charge is 0.257 e. The third kappa shape index (κ3) is 5.11. The molecule has 7 heteroatoms. The van der Waals surface area contributed by atoms with E-state index in [1.807, 2.05) is 42.5 Å². The van der Waals surface area contributed by atoms with Crippen molar-refractivity contribution in [3.8, 4) is 0 Å².